The second-order valence-corrected chi connectivity index (χ2v) is 5.76. The van der Waals surface area contributed by atoms with Crippen molar-refractivity contribution in [2.45, 2.75) is 25.9 Å². The van der Waals surface area contributed by atoms with Crippen molar-refractivity contribution in [1.82, 2.24) is 15.1 Å². The maximum atomic E-state index is 3.67. The second-order valence-electron chi connectivity index (χ2n) is 5.76. The van der Waals surface area contributed by atoms with Crippen LogP contribution in [0.15, 0.2) is 24.3 Å². The van der Waals surface area contributed by atoms with Gasteiger partial charge in [-0.3, -0.25) is 4.90 Å². The summed E-state index contributed by atoms with van der Waals surface area (Å²) >= 11 is 0. The van der Waals surface area contributed by atoms with Gasteiger partial charge in [-0.25, -0.2) is 0 Å². The zero-order valence-electron chi connectivity index (χ0n) is 12.7. The van der Waals surface area contributed by atoms with Crippen molar-refractivity contribution in [1.29, 1.82) is 0 Å². The molecule has 2 unspecified atom stereocenters. The average molecular weight is 261 g/mol. The van der Waals surface area contributed by atoms with Gasteiger partial charge in [0.05, 0.1) is 0 Å². The van der Waals surface area contributed by atoms with E-state index in [1.165, 1.54) is 17.7 Å². The Hall–Kier alpha value is -0.900. The molecule has 1 saturated heterocycles. The molecule has 1 aliphatic heterocycles. The summed E-state index contributed by atoms with van der Waals surface area (Å²) in [6, 6.07) is 9.93. The summed E-state index contributed by atoms with van der Waals surface area (Å²) in [5, 5.41) is 3.67. The van der Waals surface area contributed by atoms with Gasteiger partial charge in [-0.05, 0) is 33.1 Å². The van der Waals surface area contributed by atoms with Crippen LogP contribution in [0, 0.1) is 6.92 Å². The van der Waals surface area contributed by atoms with E-state index in [4.69, 9.17) is 0 Å². The van der Waals surface area contributed by atoms with E-state index in [1.807, 2.05) is 0 Å². The Balaban J connectivity index is 2.20. The molecule has 0 spiro atoms. The normalized spacial score (nSPS) is 23.5. The highest BCUT2D eigenvalue weighted by atomic mass is 15.3. The number of hydrogen-bond donors (Lipinski definition) is 1. The smallest absolute Gasteiger partial charge is 0.0490 e. The molecule has 1 aliphatic rings. The number of benzene rings is 1. The standard InChI is InChI=1S/C16H27N3/c1-5-17-16(14-8-6-13(2)7-9-14)15-12-18(3)10-11-19(15)4/h6-9,15-17H,5,10-12H2,1-4H3. The maximum Gasteiger partial charge on any atom is 0.0490 e. The van der Waals surface area contributed by atoms with Crippen LogP contribution in [-0.2, 0) is 0 Å². The van der Waals surface area contributed by atoms with Gasteiger partial charge in [-0.15, -0.1) is 0 Å². The lowest BCUT2D eigenvalue weighted by Crippen LogP contribution is -2.55. The SMILES string of the molecule is CCNC(c1ccc(C)cc1)C1CN(C)CCN1C. The molecule has 1 fully saturated rings. The van der Waals surface area contributed by atoms with Gasteiger partial charge in [0.25, 0.3) is 0 Å². The molecule has 1 N–H and O–H groups in total. The number of rotatable bonds is 4. The van der Waals surface area contributed by atoms with Crippen molar-refractivity contribution in [3.63, 3.8) is 0 Å². The van der Waals surface area contributed by atoms with Crippen molar-refractivity contribution < 1.29 is 0 Å². The summed E-state index contributed by atoms with van der Waals surface area (Å²) in [6.07, 6.45) is 0. The predicted molar refractivity (Wildman–Crippen MR) is 81.5 cm³/mol. The van der Waals surface area contributed by atoms with E-state index in [0.29, 0.717) is 12.1 Å². The fourth-order valence-corrected chi connectivity index (χ4v) is 2.87. The van der Waals surface area contributed by atoms with Crippen molar-refractivity contribution in [3.8, 4) is 0 Å². The van der Waals surface area contributed by atoms with Crippen LogP contribution >= 0.6 is 0 Å². The van der Waals surface area contributed by atoms with E-state index in [-0.39, 0.29) is 0 Å². The second kappa shape index (κ2) is 6.51. The first-order valence-corrected chi connectivity index (χ1v) is 7.30. The number of likely N-dealkylation sites (N-methyl/N-ethyl adjacent to an activating group) is 3. The summed E-state index contributed by atoms with van der Waals surface area (Å²) in [6.45, 7) is 8.78. The molecule has 0 aromatic heterocycles. The Morgan fingerprint density at radius 3 is 2.53 bits per heavy atom. The predicted octanol–water partition coefficient (Wildman–Crippen LogP) is 1.89. The third-order valence-corrected chi connectivity index (χ3v) is 4.14. The molecule has 19 heavy (non-hydrogen) atoms. The topological polar surface area (TPSA) is 18.5 Å². The molecule has 1 aromatic carbocycles. The fourth-order valence-electron chi connectivity index (χ4n) is 2.87. The lowest BCUT2D eigenvalue weighted by molar-refractivity contribution is 0.0880. The Bertz CT molecular complexity index is 387. The number of nitrogens with one attached hydrogen (secondary N) is 1. The molecule has 0 radical (unpaired) electrons. The molecule has 0 amide bonds. The molecule has 3 heteroatoms. The van der Waals surface area contributed by atoms with Gasteiger partial charge in [0, 0.05) is 31.7 Å². The maximum absolute atomic E-state index is 3.67. The summed E-state index contributed by atoms with van der Waals surface area (Å²) in [4.78, 5) is 4.93. The number of hydrogen-bond acceptors (Lipinski definition) is 3. The van der Waals surface area contributed by atoms with Crippen molar-refractivity contribution in [3.05, 3.63) is 35.4 Å². The van der Waals surface area contributed by atoms with Crippen molar-refractivity contribution in [2.24, 2.45) is 0 Å². The molecular formula is C16H27N3. The Kier molecular flexibility index (Phi) is 4.97. The van der Waals surface area contributed by atoms with Crippen LogP contribution in [0.2, 0.25) is 0 Å². The molecule has 0 aliphatic carbocycles. The zero-order valence-corrected chi connectivity index (χ0v) is 12.7. The van der Waals surface area contributed by atoms with Gasteiger partial charge >= 0.3 is 0 Å². The van der Waals surface area contributed by atoms with Crippen LogP contribution < -0.4 is 5.32 Å². The summed E-state index contributed by atoms with van der Waals surface area (Å²) in [5.74, 6) is 0. The van der Waals surface area contributed by atoms with Crippen LogP contribution in [0.25, 0.3) is 0 Å². The molecule has 1 heterocycles. The number of piperazine rings is 1. The van der Waals surface area contributed by atoms with Crippen LogP contribution in [-0.4, -0.2) is 56.1 Å². The minimum Gasteiger partial charge on any atom is -0.309 e. The van der Waals surface area contributed by atoms with Gasteiger partial charge < -0.3 is 10.2 Å². The number of nitrogens with zero attached hydrogens (tertiary/aromatic N) is 2. The lowest BCUT2D eigenvalue weighted by atomic mass is 9.95. The molecule has 2 rings (SSSR count). The van der Waals surface area contributed by atoms with Gasteiger partial charge in [0.1, 0.15) is 0 Å². The monoisotopic (exact) mass is 261 g/mol. The van der Waals surface area contributed by atoms with Crippen LogP contribution in [0.3, 0.4) is 0 Å². The van der Waals surface area contributed by atoms with Crippen molar-refractivity contribution >= 4 is 0 Å². The highest BCUT2D eigenvalue weighted by Crippen LogP contribution is 2.23. The first kappa shape index (κ1) is 14.5. The van der Waals surface area contributed by atoms with Crippen LogP contribution in [0.4, 0.5) is 0 Å². The molecule has 0 bridgehead atoms. The highest BCUT2D eigenvalue weighted by Gasteiger charge is 2.30. The lowest BCUT2D eigenvalue weighted by Gasteiger charge is -2.42. The first-order valence-electron chi connectivity index (χ1n) is 7.30. The molecule has 1 aromatic rings. The van der Waals surface area contributed by atoms with E-state index in [0.717, 1.165) is 19.6 Å². The van der Waals surface area contributed by atoms with E-state index >= 15 is 0 Å². The largest absolute Gasteiger partial charge is 0.309 e. The van der Waals surface area contributed by atoms with Crippen molar-refractivity contribution in [2.75, 3.05) is 40.3 Å². The third-order valence-electron chi connectivity index (χ3n) is 4.14. The van der Waals surface area contributed by atoms with E-state index in [2.05, 4.69) is 67.3 Å². The zero-order chi connectivity index (χ0) is 13.8. The Morgan fingerprint density at radius 1 is 1.21 bits per heavy atom. The quantitative estimate of drug-likeness (QED) is 0.893. The van der Waals surface area contributed by atoms with E-state index in [1.54, 1.807) is 0 Å². The van der Waals surface area contributed by atoms with Gasteiger partial charge in [-0.1, -0.05) is 36.8 Å². The first-order chi connectivity index (χ1) is 9.11. The van der Waals surface area contributed by atoms with E-state index in [9.17, 15) is 0 Å². The highest BCUT2D eigenvalue weighted by molar-refractivity contribution is 5.25. The minimum atomic E-state index is 0.415. The molecular weight excluding hydrogens is 234 g/mol. The molecule has 2 atom stereocenters. The van der Waals surface area contributed by atoms with Crippen LogP contribution in [0.1, 0.15) is 24.1 Å². The van der Waals surface area contributed by atoms with E-state index < -0.39 is 0 Å². The molecule has 106 valence electrons. The number of aryl methyl sites for hydroxylation is 1. The summed E-state index contributed by atoms with van der Waals surface area (Å²) < 4.78 is 0. The van der Waals surface area contributed by atoms with Gasteiger partial charge in [0.2, 0.25) is 0 Å². The van der Waals surface area contributed by atoms with Crippen LogP contribution in [0.5, 0.6) is 0 Å². The van der Waals surface area contributed by atoms with Gasteiger partial charge in [0.15, 0.2) is 0 Å². The average Bonchev–Trinajstić information content (AvgIpc) is 2.40. The Morgan fingerprint density at radius 2 is 1.89 bits per heavy atom. The molecule has 0 saturated carbocycles. The summed E-state index contributed by atoms with van der Waals surface area (Å²) in [7, 11) is 4.47. The minimum absolute atomic E-state index is 0.415. The third kappa shape index (κ3) is 3.56. The fraction of sp³-hybridized carbons (Fsp3) is 0.625. The molecule has 3 nitrogen and oxygen atoms in total. The summed E-state index contributed by atoms with van der Waals surface area (Å²) in [5.41, 5.74) is 2.73. The van der Waals surface area contributed by atoms with Gasteiger partial charge in [-0.2, -0.15) is 0 Å². The Labute approximate surface area is 117 Å².